The lowest BCUT2D eigenvalue weighted by Crippen LogP contribution is -2.13. The highest BCUT2D eigenvalue weighted by Gasteiger charge is 2.11. The highest BCUT2D eigenvalue weighted by Crippen LogP contribution is 2.23. The van der Waals surface area contributed by atoms with Gasteiger partial charge in [0.15, 0.2) is 5.78 Å². The Bertz CT molecular complexity index is 418. The van der Waals surface area contributed by atoms with Crippen LogP contribution in [0.2, 0.25) is 0 Å². The van der Waals surface area contributed by atoms with Gasteiger partial charge in [-0.05, 0) is 19.1 Å². The largest absolute Gasteiger partial charge is 0.386 e. The molecular formula is C10H10ClFN2O. The quantitative estimate of drug-likeness (QED) is 0.373. The number of amidine groups is 1. The van der Waals surface area contributed by atoms with Gasteiger partial charge in [0.2, 0.25) is 0 Å². The molecule has 3 nitrogen and oxygen atoms in total. The van der Waals surface area contributed by atoms with E-state index in [1.54, 1.807) is 0 Å². The van der Waals surface area contributed by atoms with Gasteiger partial charge in [0, 0.05) is 5.56 Å². The van der Waals surface area contributed by atoms with Gasteiger partial charge in [-0.1, -0.05) is 6.07 Å². The van der Waals surface area contributed by atoms with Crippen LogP contribution in [0, 0.1) is 5.82 Å². The van der Waals surface area contributed by atoms with Crippen molar-refractivity contribution in [3.63, 3.8) is 0 Å². The first kappa shape index (κ1) is 11.7. The second-order valence-electron chi connectivity index (χ2n) is 2.93. The van der Waals surface area contributed by atoms with Gasteiger partial charge >= 0.3 is 0 Å². The number of nitrogens with zero attached hydrogens (tertiary/aromatic N) is 1. The number of halogens is 2. The minimum Gasteiger partial charge on any atom is -0.386 e. The van der Waals surface area contributed by atoms with Crippen LogP contribution in [0.25, 0.3) is 0 Å². The van der Waals surface area contributed by atoms with Gasteiger partial charge in [-0.15, -0.1) is 11.6 Å². The molecule has 2 N–H and O–H groups in total. The Morgan fingerprint density at radius 2 is 2.27 bits per heavy atom. The van der Waals surface area contributed by atoms with E-state index in [1.165, 1.54) is 25.1 Å². The van der Waals surface area contributed by atoms with Crippen molar-refractivity contribution in [3.8, 4) is 0 Å². The van der Waals surface area contributed by atoms with Crippen molar-refractivity contribution in [1.29, 1.82) is 0 Å². The predicted octanol–water partition coefficient (Wildman–Crippen LogP) is 2.26. The van der Waals surface area contributed by atoms with Gasteiger partial charge < -0.3 is 5.73 Å². The molecule has 0 radical (unpaired) electrons. The first-order valence-corrected chi connectivity index (χ1v) is 4.78. The normalized spacial score (nSPS) is 11.5. The Morgan fingerprint density at radius 1 is 1.60 bits per heavy atom. The molecule has 5 heteroatoms. The number of carbonyl (C=O) groups is 1. The lowest BCUT2D eigenvalue weighted by atomic mass is 10.1. The minimum absolute atomic E-state index is 0.00825. The van der Waals surface area contributed by atoms with Crippen LogP contribution < -0.4 is 5.73 Å². The van der Waals surface area contributed by atoms with Crippen molar-refractivity contribution in [3.05, 3.63) is 29.6 Å². The summed E-state index contributed by atoms with van der Waals surface area (Å²) in [5.41, 5.74) is 5.53. The first-order chi connectivity index (χ1) is 7.06. The molecule has 0 amide bonds. The second-order valence-corrected chi connectivity index (χ2v) is 3.20. The summed E-state index contributed by atoms with van der Waals surface area (Å²) in [6, 6.07) is 4.15. The van der Waals surface area contributed by atoms with Crippen LogP contribution in [0.3, 0.4) is 0 Å². The smallest absolute Gasteiger partial charge is 0.162 e. The number of hydrogen-bond acceptors (Lipinski definition) is 2. The van der Waals surface area contributed by atoms with E-state index in [9.17, 15) is 9.18 Å². The molecule has 0 fully saturated rings. The van der Waals surface area contributed by atoms with Gasteiger partial charge in [0.25, 0.3) is 0 Å². The molecule has 0 aliphatic heterocycles. The van der Waals surface area contributed by atoms with Crippen molar-refractivity contribution < 1.29 is 9.18 Å². The maximum Gasteiger partial charge on any atom is 0.162 e. The summed E-state index contributed by atoms with van der Waals surface area (Å²) in [5, 5.41) is 0. The summed E-state index contributed by atoms with van der Waals surface area (Å²) in [4.78, 5) is 14.9. The maximum absolute atomic E-state index is 13.3. The van der Waals surface area contributed by atoms with Gasteiger partial charge in [0.1, 0.15) is 17.3 Å². The molecule has 0 unspecified atom stereocenters. The minimum atomic E-state index is -0.587. The SMILES string of the molecule is CC(=O)c1cccc(F)c1N=C(N)CCl. The van der Waals surface area contributed by atoms with Gasteiger partial charge in [-0.25, -0.2) is 9.38 Å². The Hall–Kier alpha value is -1.42. The molecule has 0 atom stereocenters. The second kappa shape index (κ2) is 4.89. The van der Waals surface area contributed by atoms with E-state index in [-0.39, 0.29) is 28.7 Å². The number of carbonyl (C=O) groups excluding carboxylic acids is 1. The third kappa shape index (κ3) is 2.76. The fourth-order valence-corrected chi connectivity index (χ4v) is 1.15. The monoisotopic (exact) mass is 228 g/mol. The highest BCUT2D eigenvalue weighted by molar-refractivity contribution is 6.28. The van der Waals surface area contributed by atoms with Crippen molar-refractivity contribution in [2.45, 2.75) is 6.92 Å². The summed E-state index contributed by atoms with van der Waals surface area (Å²) in [5.74, 6) is -0.790. The summed E-state index contributed by atoms with van der Waals surface area (Å²) in [6.45, 7) is 1.34. The molecule has 1 rings (SSSR count). The number of hydrogen-bond donors (Lipinski definition) is 1. The predicted molar refractivity (Wildman–Crippen MR) is 58.4 cm³/mol. The van der Waals surface area contributed by atoms with E-state index >= 15 is 0 Å². The summed E-state index contributed by atoms with van der Waals surface area (Å²) in [7, 11) is 0. The average molecular weight is 229 g/mol. The highest BCUT2D eigenvalue weighted by atomic mass is 35.5. The number of para-hydroxylation sites is 1. The maximum atomic E-state index is 13.3. The Labute approximate surface area is 91.8 Å². The zero-order valence-corrected chi connectivity index (χ0v) is 8.88. The van der Waals surface area contributed by atoms with Crippen molar-refractivity contribution >= 4 is 28.9 Å². The lowest BCUT2D eigenvalue weighted by molar-refractivity contribution is 0.101. The molecule has 0 heterocycles. The van der Waals surface area contributed by atoms with E-state index in [0.29, 0.717) is 0 Å². The molecule has 80 valence electrons. The number of benzene rings is 1. The molecule has 0 spiro atoms. The van der Waals surface area contributed by atoms with Crippen LogP contribution in [-0.2, 0) is 0 Å². The summed E-state index contributed by atoms with van der Waals surface area (Å²) < 4.78 is 13.3. The number of aliphatic imine (C=N–C) groups is 1. The van der Waals surface area contributed by atoms with E-state index < -0.39 is 5.82 Å². The van der Waals surface area contributed by atoms with Crippen LogP contribution in [0.4, 0.5) is 10.1 Å². The topological polar surface area (TPSA) is 55.5 Å². The average Bonchev–Trinajstić information content (AvgIpc) is 2.20. The van der Waals surface area contributed by atoms with Gasteiger partial charge in [-0.3, -0.25) is 4.79 Å². The molecule has 0 aliphatic carbocycles. The molecule has 1 aromatic carbocycles. The van der Waals surface area contributed by atoms with Crippen molar-refractivity contribution in [1.82, 2.24) is 0 Å². The van der Waals surface area contributed by atoms with Crippen molar-refractivity contribution in [2.24, 2.45) is 10.7 Å². The van der Waals surface area contributed by atoms with Crippen LogP contribution in [0.5, 0.6) is 0 Å². The number of nitrogens with two attached hydrogens (primary N) is 1. The zero-order valence-electron chi connectivity index (χ0n) is 8.13. The fourth-order valence-electron chi connectivity index (χ4n) is 1.09. The molecule has 0 bridgehead atoms. The molecule has 0 saturated heterocycles. The van der Waals surface area contributed by atoms with Gasteiger partial charge in [0.05, 0.1) is 5.88 Å². The van der Waals surface area contributed by atoms with E-state index in [1.807, 2.05) is 0 Å². The lowest BCUT2D eigenvalue weighted by Gasteiger charge is -2.03. The van der Waals surface area contributed by atoms with E-state index in [4.69, 9.17) is 17.3 Å². The molecule has 1 aromatic rings. The third-order valence-electron chi connectivity index (χ3n) is 1.76. The Balaban J connectivity index is 3.31. The van der Waals surface area contributed by atoms with Crippen LogP contribution in [-0.4, -0.2) is 17.5 Å². The summed E-state index contributed by atoms with van der Waals surface area (Å²) in [6.07, 6.45) is 0. The molecule has 15 heavy (non-hydrogen) atoms. The van der Waals surface area contributed by atoms with Crippen LogP contribution >= 0.6 is 11.6 Å². The number of alkyl halides is 1. The molecule has 0 saturated carbocycles. The first-order valence-electron chi connectivity index (χ1n) is 4.24. The fraction of sp³-hybridized carbons (Fsp3) is 0.200. The van der Waals surface area contributed by atoms with E-state index in [2.05, 4.69) is 4.99 Å². The zero-order chi connectivity index (χ0) is 11.4. The van der Waals surface area contributed by atoms with Crippen LogP contribution in [0.1, 0.15) is 17.3 Å². The van der Waals surface area contributed by atoms with E-state index in [0.717, 1.165) is 0 Å². The number of Topliss-reactive ketones (excluding diaryl/α,β-unsaturated/α-hetero) is 1. The van der Waals surface area contributed by atoms with Gasteiger partial charge in [-0.2, -0.15) is 0 Å². The Morgan fingerprint density at radius 3 is 2.80 bits per heavy atom. The Kier molecular flexibility index (Phi) is 3.80. The van der Waals surface area contributed by atoms with Crippen molar-refractivity contribution in [2.75, 3.05) is 5.88 Å². The third-order valence-corrected chi connectivity index (χ3v) is 2.03. The number of ketones is 1. The standard InChI is InChI=1S/C10H10ClFN2O/c1-6(15)7-3-2-4-8(12)10(7)14-9(13)5-11/h2-4H,5H2,1H3,(H2,13,14). The summed E-state index contributed by atoms with van der Waals surface area (Å²) >= 11 is 5.42. The number of rotatable bonds is 3. The van der Waals surface area contributed by atoms with Crippen LogP contribution in [0.15, 0.2) is 23.2 Å². The molecule has 0 aliphatic rings. The molecule has 0 aromatic heterocycles. The molecular weight excluding hydrogens is 219 g/mol.